The molecular formula is C10H17NO. The topological polar surface area (TPSA) is 23.5 Å². The summed E-state index contributed by atoms with van der Waals surface area (Å²) in [5, 5.41) is 9.00. The minimum atomic E-state index is 0.286. The molecule has 0 bridgehead atoms. The zero-order valence-electron chi connectivity index (χ0n) is 7.71. The van der Waals surface area contributed by atoms with E-state index in [1.165, 1.54) is 6.42 Å². The lowest BCUT2D eigenvalue weighted by Crippen LogP contribution is -2.32. The fourth-order valence-electron chi connectivity index (χ4n) is 1.59. The molecule has 1 rings (SSSR count). The van der Waals surface area contributed by atoms with Crippen molar-refractivity contribution in [1.29, 1.82) is 0 Å². The Hall–Kier alpha value is -0.520. The van der Waals surface area contributed by atoms with Gasteiger partial charge in [-0.25, -0.2) is 0 Å². The van der Waals surface area contributed by atoms with Crippen LogP contribution in [0.25, 0.3) is 0 Å². The van der Waals surface area contributed by atoms with Gasteiger partial charge in [0.05, 0.1) is 13.2 Å². The standard InChI is InChI=1S/C10H17NO/c1-2-3-4-7-11-8-5-6-10(11)9-12/h10,12H,2,5-9H2,1H3. The minimum Gasteiger partial charge on any atom is -0.395 e. The second-order valence-corrected chi connectivity index (χ2v) is 3.16. The predicted octanol–water partition coefficient (Wildman–Crippen LogP) is 0.856. The molecule has 1 aliphatic heterocycles. The molecule has 0 amide bonds. The monoisotopic (exact) mass is 167 g/mol. The van der Waals surface area contributed by atoms with Crippen molar-refractivity contribution in [2.24, 2.45) is 0 Å². The smallest absolute Gasteiger partial charge is 0.0604 e. The molecule has 1 atom stereocenters. The molecule has 0 aromatic rings. The van der Waals surface area contributed by atoms with E-state index in [2.05, 4.69) is 23.7 Å². The molecule has 0 aliphatic carbocycles. The highest BCUT2D eigenvalue weighted by Gasteiger charge is 2.22. The molecule has 2 heteroatoms. The third-order valence-corrected chi connectivity index (χ3v) is 2.29. The van der Waals surface area contributed by atoms with E-state index in [0.717, 1.165) is 25.9 Å². The summed E-state index contributed by atoms with van der Waals surface area (Å²) in [6, 6.07) is 0.371. The summed E-state index contributed by atoms with van der Waals surface area (Å²) in [5.41, 5.74) is 0. The number of rotatable bonds is 2. The highest BCUT2D eigenvalue weighted by atomic mass is 16.3. The Labute approximate surface area is 74.6 Å². The first-order chi connectivity index (χ1) is 5.88. The van der Waals surface area contributed by atoms with E-state index in [9.17, 15) is 0 Å². The van der Waals surface area contributed by atoms with Crippen LogP contribution in [-0.2, 0) is 0 Å². The van der Waals surface area contributed by atoms with Gasteiger partial charge in [-0.05, 0) is 19.4 Å². The van der Waals surface area contributed by atoms with Gasteiger partial charge in [0.1, 0.15) is 0 Å². The number of hydrogen-bond acceptors (Lipinski definition) is 2. The molecule has 0 saturated carbocycles. The van der Waals surface area contributed by atoms with E-state index in [4.69, 9.17) is 5.11 Å². The van der Waals surface area contributed by atoms with Crippen molar-refractivity contribution in [2.45, 2.75) is 32.2 Å². The lowest BCUT2D eigenvalue weighted by atomic mass is 10.2. The van der Waals surface area contributed by atoms with Gasteiger partial charge in [-0.1, -0.05) is 12.8 Å². The summed E-state index contributed by atoms with van der Waals surface area (Å²) in [5.74, 6) is 6.15. The second-order valence-electron chi connectivity index (χ2n) is 3.16. The average Bonchev–Trinajstić information content (AvgIpc) is 2.52. The Morgan fingerprint density at radius 2 is 2.33 bits per heavy atom. The SMILES string of the molecule is CCC#CCN1CCCC1CO. The minimum absolute atomic E-state index is 0.286. The molecule has 2 nitrogen and oxygen atoms in total. The largest absolute Gasteiger partial charge is 0.395 e. The molecule has 1 N–H and O–H groups in total. The molecule has 1 saturated heterocycles. The molecule has 1 fully saturated rings. The predicted molar refractivity (Wildman–Crippen MR) is 49.7 cm³/mol. The van der Waals surface area contributed by atoms with Crippen LogP contribution < -0.4 is 0 Å². The number of hydrogen-bond donors (Lipinski definition) is 1. The summed E-state index contributed by atoms with van der Waals surface area (Å²) in [6.07, 6.45) is 3.26. The average molecular weight is 167 g/mol. The number of aliphatic hydroxyl groups excluding tert-OH is 1. The van der Waals surface area contributed by atoms with Gasteiger partial charge in [-0.2, -0.15) is 0 Å². The van der Waals surface area contributed by atoms with Crippen molar-refractivity contribution >= 4 is 0 Å². The lowest BCUT2D eigenvalue weighted by Gasteiger charge is -2.19. The Bertz CT molecular complexity index is 180. The molecule has 1 unspecified atom stereocenters. The van der Waals surface area contributed by atoms with Crippen molar-refractivity contribution in [1.82, 2.24) is 4.90 Å². The van der Waals surface area contributed by atoms with E-state index in [0.29, 0.717) is 6.04 Å². The lowest BCUT2D eigenvalue weighted by molar-refractivity contribution is 0.171. The fourth-order valence-corrected chi connectivity index (χ4v) is 1.59. The van der Waals surface area contributed by atoms with Crippen LogP contribution in [0.3, 0.4) is 0 Å². The summed E-state index contributed by atoms with van der Waals surface area (Å²) >= 11 is 0. The van der Waals surface area contributed by atoms with Gasteiger partial charge in [0, 0.05) is 12.5 Å². The maximum Gasteiger partial charge on any atom is 0.0604 e. The van der Waals surface area contributed by atoms with Crippen molar-refractivity contribution in [3.8, 4) is 11.8 Å². The molecule has 0 aromatic heterocycles. The maximum absolute atomic E-state index is 9.00. The molecule has 68 valence electrons. The Morgan fingerprint density at radius 1 is 1.50 bits per heavy atom. The van der Waals surface area contributed by atoms with Crippen molar-refractivity contribution in [3.63, 3.8) is 0 Å². The van der Waals surface area contributed by atoms with Crippen LogP contribution in [0.5, 0.6) is 0 Å². The zero-order chi connectivity index (χ0) is 8.81. The molecule has 0 aromatic carbocycles. The summed E-state index contributed by atoms with van der Waals surface area (Å²) < 4.78 is 0. The maximum atomic E-state index is 9.00. The van der Waals surface area contributed by atoms with Crippen molar-refractivity contribution < 1.29 is 5.11 Å². The molecular weight excluding hydrogens is 150 g/mol. The van der Waals surface area contributed by atoms with E-state index in [1.807, 2.05) is 0 Å². The third kappa shape index (κ3) is 2.51. The van der Waals surface area contributed by atoms with Crippen molar-refractivity contribution in [2.75, 3.05) is 19.7 Å². The highest BCUT2D eigenvalue weighted by Crippen LogP contribution is 2.15. The van der Waals surface area contributed by atoms with Gasteiger partial charge in [0.2, 0.25) is 0 Å². The number of nitrogens with zero attached hydrogens (tertiary/aromatic N) is 1. The van der Waals surface area contributed by atoms with Crippen LogP contribution in [0.4, 0.5) is 0 Å². The zero-order valence-corrected chi connectivity index (χ0v) is 7.71. The first kappa shape index (κ1) is 9.57. The van der Waals surface area contributed by atoms with Gasteiger partial charge >= 0.3 is 0 Å². The van der Waals surface area contributed by atoms with E-state index < -0.39 is 0 Å². The van der Waals surface area contributed by atoms with E-state index in [-0.39, 0.29) is 6.61 Å². The van der Waals surface area contributed by atoms with Gasteiger partial charge in [0.25, 0.3) is 0 Å². The molecule has 1 heterocycles. The van der Waals surface area contributed by atoms with Crippen molar-refractivity contribution in [3.05, 3.63) is 0 Å². The first-order valence-electron chi connectivity index (χ1n) is 4.69. The van der Waals surface area contributed by atoms with Crippen LogP contribution in [0, 0.1) is 11.8 Å². The molecule has 0 radical (unpaired) electrons. The molecule has 0 spiro atoms. The van der Waals surface area contributed by atoms with Gasteiger partial charge in [-0.15, -0.1) is 5.92 Å². The van der Waals surface area contributed by atoms with Crippen LogP contribution in [-0.4, -0.2) is 35.7 Å². The van der Waals surface area contributed by atoms with E-state index >= 15 is 0 Å². The Balaban J connectivity index is 2.30. The summed E-state index contributed by atoms with van der Waals surface area (Å²) in [4.78, 5) is 2.27. The second kappa shape index (κ2) is 5.18. The Kier molecular flexibility index (Phi) is 4.13. The third-order valence-electron chi connectivity index (χ3n) is 2.29. The first-order valence-corrected chi connectivity index (χ1v) is 4.69. The molecule has 12 heavy (non-hydrogen) atoms. The van der Waals surface area contributed by atoms with Crippen LogP contribution >= 0.6 is 0 Å². The fraction of sp³-hybridized carbons (Fsp3) is 0.800. The summed E-state index contributed by atoms with van der Waals surface area (Å²) in [7, 11) is 0. The number of aliphatic hydroxyl groups is 1. The van der Waals surface area contributed by atoms with Gasteiger partial charge in [0.15, 0.2) is 0 Å². The van der Waals surface area contributed by atoms with Gasteiger partial charge in [-0.3, -0.25) is 4.90 Å². The summed E-state index contributed by atoms with van der Waals surface area (Å²) in [6.45, 7) is 4.27. The molecule has 1 aliphatic rings. The Morgan fingerprint density at radius 3 is 3.00 bits per heavy atom. The van der Waals surface area contributed by atoms with Crippen LogP contribution in [0.2, 0.25) is 0 Å². The van der Waals surface area contributed by atoms with Gasteiger partial charge < -0.3 is 5.11 Å². The number of likely N-dealkylation sites (tertiary alicyclic amines) is 1. The van der Waals surface area contributed by atoms with E-state index in [1.54, 1.807) is 0 Å². The highest BCUT2D eigenvalue weighted by molar-refractivity contribution is 5.01. The normalized spacial score (nSPS) is 23.7. The quantitative estimate of drug-likeness (QED) is 0.616. The van der Waals surface area contributed by atoms with Crippen LogP contribution in [0.15, 0.2) is 0 Å². The van der Waals surface area contributed by atoms with Crippen LogP contribution in [0.1, 0.15) is 26.2 Å².